The summed E-state index contributed by atoms with van der Waals surface area (Å²) in [6, 6.07) is 8.91. The van der Waals surface area contributed by atoms with E-state index in [1.807, 2.05) is 26.8 Å². The summed E-state index contributed by atoms with van der Waals surface area (Å²) in [4.78, 5) is 25.6. The summed E-state index contributed by atoms with van der Waals surface area (Å²) in [7, 11) is 1.52. The number of carbonyl (C=O) groups excluding carboxylic acids is 1. The number of methoxy groups -OCH3 is 1. The van der Waals surface area contributed by atoms with Crippen LogP contribution in [0.3, 0.4) is 0 Å². The molecule has 55 heavy (non-hydrogen) atoms. The average molecular weight is 775 g/mol. The zero-order chi connectivity index (χ0) is 40.1. The van der Waals surface area contributed by atoms with E-state index >= 15 is 0 Å². The van der Waals surface area contributed by atoms with Crippen LogP contribution in [0.25, 0.3) is 0 Å². The number of carboxylic acids is 1. The number of benzene rings is 1. The number of aliphatic hydroxyl groups excluding tert-OH is 1. The molecule has 17 atom stereocenters. The average Bonchev–Trinajstić information content (AvgIpc) is 3.88. The van der Waals surface area contributed by atoms with Crippen LogP contribution in [0.5, 0.6) is 0 Å². The number of carbonyl (C=O) groups is 2. The van der Waals surface area contributed by atoms with Crippen molar-refractivity contribution in [3.63, 3.8) is 0 Å². The predicted octanol–water partition coefficient (Wildman–Crippen LogP) is 6.14. The number of ether oxygens (including phenoxy) is 7. The molecule has 12 nitrogen and oxygen atoms in total. The van der Waals surface area contributed by atoms with Crippen LogP contribution in [0.15, 0.2) is 30.3 Å². The van der Waals surface area contributed by atoms with E-state index in [2.05, 4.69) is 27.7 Å². The molecule has 0 bridgehead atoms. The van der Waals surface area contributed by atoms with Gasteiger partial charge < -0.3 is 48.5 Å². The highest BCUT2D eigenvalue weighted by Gasteiger charge is 2.62. The van der Waals surface area contributed by atoms with Crippen molar-refractivity contribution < 1.29 is 58.1 Å². The smallest absolute Gasteiger partial charge is 0.338 e. The number of aliphatic carboxylic acids is 1. The van der Waals surface area contributed by atoms with Crippen molar-refractivity contribution in [1.82, 2.24) is 0 Å². The number of carboxylic acid groups (broad SMARTS) is 1. The second-order valence-corrected chi connectivity index (χ2v) is 18.0. The Hall–Kier alpha value is -2.16. The first-order valence-corrected chi connectivity index (χ1v) is 20.7. The molecule has 1 aromatic rings. The van der Waals surface area contributed by atoms with Gasteiger partial charge in [0.15, 0.2) is 11.6 Å². The van der Waals surface area contributed by atoms with Gasteiger partial charge in [-0.2, -0.15) is 0 Å². The molecule has 5 aliphatic heterocycles. The summed E-state index contributed by atoms with van der Waals surface area (Å²) >= 11 is 0. The maximum Gasteiger partial charge on any atom is 0.338 e. The molecule has 0 aromatic heterocycles. The van der Waals surface area contributed by atoms with E-state index in [0.717, 1.165) is 32.1 Å². The van der Waals surface area contributed by atoms with Gasteiger partial charge in [-0.25, -0.2) is 4.79 Å². The fourth-order valence-corrected chi connectivity index (χ4v) is 10.8. The largest absolute Gasteiger partial charge is 0.481 e. The van der Waals surface area contributed by atoms with Gasteiger partial charge in [-0.1, -0.05) is 59.7 Å². The van der Waals surface area contributed by atoms with Crippen LogP contribution in [0, 0.1) is 35.5 Å². The zero-order valence-corrected chi connectivity index (χ0v) is 34.3. The van der Waals surface area contributed by atoms with Crippen LogP contribution in [-0.2, 0) is 38.0 Å². The van der Waals surface area contributed by atoms with Crippen LogP contribution in [0.1, 0.15) is 117 Å². The van der Waals surface area contributed by atoms with Gasteiger partial charge >= 0.3 is 11.9 Å². The van der Waals surface area contributed by atoms with Gasteiger partial charge in [0.25, 0.3) is 0 Å². The summed E-state index contributed by atoms with van der Waals surface area (Å²) in [5.74, 6) is -5.36. The number of esters is 1. The van der Waals surface area contributed by atoms with E-state index in [1.54, 1.807) is 31.2 Å². The number of rotatable bonds is 12. The maximum atomic E-state index is 13.5. The van der Waals surface area contributed by atoms with Crippen LogP contribution in [0.2, 0.25) is 0 Å². The zero-order valence-electron chi connectivity index (χ0n) is 34.3. The standard InChI is InChI=1S/C43H66O12/c1-10-41(37-25(3)21-31(50-37)34-24(2)20-26(4)43(48,23-44)54-34)17-16-33(52-41)40(8)18-19-42(55-40)22-32(51-39(47)30-14-12-11-13-15-30)27(5)36(53-42)28(6)35(49-9)29(7)38(45)46/h11-15,24-29,31-37,44,48H,10,16-23H2,1-9H3,(H,45,46)/t24-,25-,26+,27+,28-,29-,31-,32-,33+,34-,35+,36-,37+,40+,41-,42+,43-/m0/s1. The van der Waals surface area contributed by atoms with Crippen molar-refractivity contribution in [2.75, 3.05) is 13.7 Å². The SMILES string of the molecule is CC[C@@]1([C@@H]2O[C@H]([C@H]3O[C@@](O)(CO)[C@H](C)C[C@@H]3C)C[C@@H]2C)CC[C@H]([C@@]2(C)CC[C@]3(C[C@H](OC(=O)c4ccccc4)[C@@H](C)[C@@H]([C@@H](C)[C@@H](OC)[C@H](C)C(=O)O)O3)O2)O1. The quantitative estimate of drug-likeness (QED) is 0.209. The molecule has 5 aliphatic rings. The first kappa shape index (κ1) is 42.4. The van der Waals surface area contributed by atoms with Crippen molar-refractivity contribution in [3.8, 4) is 0 Å². The van der Waals surface area contributed by atoms with E-state index in [4.69, 9.17) is 33.2 Å². The van der Waals surface area contributed by atoms with Crippen molar-refractivity contribution in [2.45, 2.75) is 172 Å². The predicted molar refractivity (Wildman–Crippen MR) is 202 cm³/mol. The monoisotopic (exact) mass is 774 g/mol. The fraction of sp³-hybridized carbons (Fsp3) is 0.814. The Balaban J connectivity index is 1.21. The molecule has 0 amide bonds. The third kappa shape index (κ3) is 8.00. The van der Waals surface area contributed by atoms with E-state index in [9.17, 15) is 24.9 Å². The van der Waals surface area contributed by atoms with E-state index in [1.165, 1.54) is 7.11 Å². The normalized spacial score (nSPS) is 45.0. The molecule has 0 unspecified atom stereocenters. The van der Waals surface area contributed by atoms with Gasteiger partial charge in [-0.05, 0) is 76.3 Å². The van der Waals surface area contributed by atoms with Crippen molar-refractivity contribution in [3.05, 3.63) is 35.9 Å². The first-order chi connectivity index (χ1) is 25.9. The van der Waals surface area contributed by atoms with Crippen molar-refractivity contribution in [1.29, 1.82) is 0 Å². The van der Waals surface area contributed by atoms with Gasteiger partial charge in [-0.3, -0.25) is 4.79 Å². The molecule has 0 radical (unpaired) electrons. The molecule has 0 saturated carbocycles. The molecule has 5 heterocycles. The minimum Gasteiger partial charge on any atom is -0.481 e. The fourth-order valence-electron chi connectivity index (χ4n) is 10.8. The van der Waals surface area contributed by atoms with Gasteiger partial charge in [0, 0.05) is 37.7 Å². The lowest BCUT2D eigenvalue weighted by Crippen LogP contribution is -2.57. The number of hydrogen-bond acceptors (Lipinski definition) is 11. The van der Waals surface area contributed by atoms with Gasteiger partial charge in [-0.15, -0.1) is 0 Å². The molecule has 0 aliphatic carbocycles. The minimum absolute atomic E-state index is 0.154. The first-order valence-electron chi connectivity index (χ1n) is 20.7. The Kier molecular flexibility index (Phi) is 12.5. The molecule has 1 aromatic carbocycles. The van der Waals surface area contributed by atoms with Crippen LogP contribution >= 0.6 is 0 Å². The molecule has 12 heteroatoms. The highest BCUT2D eigenvalue weighted by molar-refractivity contribution is 5.89. The third-order valence-corrected chi connectivity index (χ3v) is 14.3. The second kappa shape index (κ2) is 16.2. The molecule has 6 rings (SSSR count). The van der Waals surface area contributed by atoms with Gasteiger partial charge in [0.2, 0.25) is 0 Å². The van der Waals surface area contributed by atoms with Crippen molar-refractivity contribution in [2.24, 2.45) is 35.5 Å². The summed E-state index contributed by atoms with van der Waals surface area (Å²) in [5.41, 5.74) is -0.815. The van der Waals surface area contributed by atoms with E-state index in [0.29, 0.717) is 24.8 Å². The highest BCUT2D eigenvalue weighted by atomic mass is 16.7. The molecule has 5 fully saturated rings. The maximum absolute atomic E-state index is 13.5. The minimum atomic E-state index is -1.59. The lowest BCUT2D eigenvalue weighted by molar-refractivity contribution is -0.336. The molecule has 5 saturated heterocycles. The number of aliphatic hydroxyl groups is 2. The summed E-state index contributed by atoms with van der Waals surface area (Å²) in [6.45, 7) is 15.6. The molecule has 3 N–H and O–H groups in total. The van der Waals surface area contributed by atoms with E-state index < -0.39 is 65.6 Å². The summed E-state index contributed by atoms with van der Waals surface area (Å²) < 4.78 is 46.4. The van der Waals surface area contributed by atoms with Gasteiger partial charge in [0.05, 0.1) is 65.9 Å². The Morgan fingerprint density at radius 1 is 0.982 bits per heavy atom. The van der Waals surface area contributed by atoms with Crippen molar-refractivity contribution >= 4 is 11.9 Å². The van der Waals surface area contributed by atoms with Crippen LogP contribution in [-0.4, -0.2) is 106 Å². The number of hydrogen-bond donors (Lipinski definition) is 3. The highest BCUT2D eigenvalue weighted by Crippen LogP contribution is 2.55. The summed E-state index contributed by atoms with van der Waals surface area (Å²) in [5, 5.41) is 31.0. The molecule has 1 spiro atoms. The Bertz CT molecular complexity index is 1490. The van der Waals surface area contributed by atoms with E-state index in [-0.39, 0.29) is 54.0 Å². The topological polar surface area (TPSA) is 159 Å². The Labute approximate surface area is 326 Å². The lowest BCUT2D eigenvalue weighted by Gasteiger charge is -2.49. The molecular weight excluding hydrogens is 708 g/mol. The second-order valence-electron chi connectivity index (χ2n) is 18.0. The lowest BCUT2D eigenvalue weighted by atomic mass is 9.78. The Morgan fingerprint density at radius 3 is 2.33 bits per heavy atom. The molecule has 310 valence electrons. The molecular formula is C43H66O12. The van der Waals surface area contributed by atoms with Gasteiger partial charge in [0.1, 0.15) is 6.10 Å². The summed E-state index contributed by atoms with van der Waals surface area (Å²) in [6.07, 6.45) is 2.55. The third-order valence-electron chi connectivity index (χ3n) is 14.3. The van der Waals surface area contributed by atoms with Crippen LogP contribution in [0.4, 0.5) is 0 Å². The Morgan fingerprint density at radius 2 is 1.69 bits per heavy atom. The van der Waals surface area contributed by atoms with Crippen LogP contribution < -0.4 is 0 Å².